The van der Waals surface area contributed by atoms with E-state index in [9.17, 15) is 0 Å². The van der Waals surface area contributed by atoms with E-state index in [1.54, 1.807) is 7.05 Å². The van der Waals surface area contributed by atoms with Gasteiger partial charge in [0.1, 0.15) is 0 Å². The minimum absolute atomic E-state index is 0.378. The van der Waals surface area contributed by atoms with Gasteiger partial charge >= 0.3 is 0 Å². The highest BCUT2D eigenvalue weighted by atomic mass is 127. The molecule has 0 saturated carbocycles. The number of aryl methyl sites for hydroxylation is 1. The van der Waals surface area contributed by atoms with Crippen LogP contribution in [0.15, 0.2) is 18.2 Å². The molecule has 6 heteroatoms. The number of anilines is 2. The number of nitrogens with two attached hydrogens (primary N) is 2. The van der Waals surface area contributed by atoms with E-state index in [4.69, 9.17) is 11.5 Å². The molecule has 0 bridgehead atoms. The van der Waals surface area contributed by atoms with Crippen LogP contribution in [0.4, 0.5) is 11.6 Å². The summed E-state index contributed by atoms with van der Waals surface area (Å²) in [6, 6.07) is 5.71. The van der Waals surface area contributed by atoms with Gasteiger partial charge in [-0.2, -0.15) is 4.98 Å². The van der Waals surface area contributed by atoms with Crippen molar-refractivity contribution in [3.63, 3.8) is 0 Å². The first-order valence-corrected chi connectivity index (χ1v) is 5.37. The maximum atomic E-state index is 5.85. The number of nitrogen functional groups attached to an aromatic ring is 2. The second-order valence-electron chi connectivity index (χ2n) is 3.15. The number of hydrogen-bond donors (Lipinski definition) is 2. The summed E-state index contributed by atoms with van der Waals surface area (Å²) in [4.78, 5) is 4.13. The lowest BCUT2D eigenvalue weighted by Crippen LogP contribution is -1.97. The molecular formula is C9H10IN5. The zero-order valence-corrected chi connectivity index (χ0v) is 10.3. The fourth-order valence-corrected chi connectivity index (χ4v) is 1.72. The SMILES string of the molecule is Cn1nc(-c2cc(I)ccc2N)nc1N. The van der Waals surface area contributed by atoms with Gasteiger partial charge in [-0.15, -0.1) is 5.10 Å². The Kier molecular flexibility index (Phi) is 2.51. The average molecular weight is 315 g/mol. The van der Waals surface area contributed by atoms with Crippen molar-refractivity contribution in [3.05, 3.63) is 21.8 Å². The van der Waals surface area contributed by atoms with Gasteiger partial charge in [0.15, 0.2) is 5.82 Å². The Balaban J connectivity index is 2.58. The number of halogens is 1. The van der Waals surface area contributed by atoms with Crippen molar-refractivity contribution in [1.29, 1.82) is 0 Å². The van der Waals surface area contributed by atoms with E-state index in [0.29, 0.717) is 17.5 Å². The third-order valence-corrected chi connectivity index (χ3v) is 2.72. The van der Waals surface area contributed by atoms with Crippen LogP contribution in [-0.2, 0) is 7.05 Å². The van der Waals surface area contributed by atoms with Gasteiger partial charge in [0.25, 0.3) is 0 Å². The van der Waals surface area contributed by atoms with Gasteiger partial charge in [0.2, 0.25) is 5.95 Å². The van der Waals surface area contributed by atoms with Gasteiger partial charge in [0, 0.05) is 21.9 Å². The van der Waals surface area contributed by atoms with Crippen molar-refractivity contribution in [2.24, 2.45) is 7.05 Å². The molecule has 78 valence electrons. The van der Waals surface area contributed by atoms with Crippen LogP contribution in [0, 0.1) is 3.57 Å². The first-order valence-electron chi connectivity index (χ1n) is 4.30. The number of benzene rings is 1. The summed E-state index contributed by atoms with van der Waals surface area (Å²) in [5.41, 5.74) is 12.9. The van der Waals surface area contributed by atoms with Crippen LogP contribution >= 0.6 is 22.6 Å². The lowest BCUT2D eigenvalue weighted by molar-refractivity contribution is 0.781. The Bertz CT molecular complexity index is 486. The largest absolute Gasteiger partial charge is 0.398 e. The number of nitrogens with zero attached hydrogens (tertiary/aromatic N) is 3. The topological polar surface area (TPSA) is 82.8 Å². The summed E-state index contributed by atoms with van der Waals surface area (Å²) in [5.74, 6) is 0.939. The quantitative estimate of drug-likeness (QED) is 0.613. The Hall–Kier alpha value is -1.31. The zero-order chi connectivity index (χ0) is 11.0. The summed E-state index contributed by atoms with van der Waals surface area (Å²) in [6.45, 7) is 0. The van der Waals surface area contributed by atoms with E-state index in [1.807, 2.05) is 18.2 Å². The summed E-state index contributed by atoms with van der Waals surface area (Å²) < 4.78 is 2.61. The lowest BCUT2D eigenvalue weighted by Gasteiger charge is -2.01. The molecule has 0 aliphatic heterocycles. The van der Waals surface area contributed by atoms with Crippen molar-refractivity contribution >= 4 is 34.2 Å². The summed E-state index contributed by atoms with van der Waals surface area (Å²) >= 11 is 2.22. The molecule has 1 heterocycles. The maximum absolute atomic E-state index is 5.85. The standard InChI is InChI=1S/C9H10IN5/c1-15-9(12)13-8(14-15)6-4-5(10)2-3-7(6)11/h2-4H,11H2,1H3,(H2,12,13,14). The predicted octanol–water partition coefficient (Wildman–Crippen LogP) is 1.25. The fraction of sp³-hybridized carbons (Fsp3) is 0.111. The molecular weight excluding hydrogens is 305 g/mol. The highest BCUT2D eigenvalue weighted by molar-refractivity contribution is 14.1. The molecule has 4 N–H and O–H groups in total. The number of hydrogen-bond acceptors (Lipinski definition) is 4. The van der Waals surface area contributed by atoms with Crippen LogP contribution in [0.3, 0.4) is 0 Å². The van der Waals surface area contributed by atoms with E-state index >= 15 is 0 Å². The minimum atomic E-state index is 0.378. The van der Waals surface area contributed by atoms with Crippen LogP contribution < -0.4 is 11.5 Å². The van der Waals surface area contributed by atoms with E-state index in [0.717, 1.165) is 9.13 Å². The Morgan fingerprint density at radius 2 is 2.07 bits per heavy atom. The third kappa shape index (κ3) is 1.89. The molecule has 15 heavy (non-hydrogen) atoms. The predicted molar refractivity (Wildman–Crippen MR) is 68.0 cm³/mol. The normalized spacial score (nSPS) is 10.5. The van der Waals surface area contributed by atoms with Gasteiger partial charge in [-0.05, 0) is 40.8 Å². The lowest BCUT2D eigenvalue weighted by atomic mass is 10.2. The van der Waals surface area contributed by atoms with Crippen LogP contribution in [0.2, 0.25) is 0 Å². The number of rotatable bonds is 1. The molecule has 2 aromatic rings. The second-order valence-corrected chi connectivity index (χ2v) is 4.39. The van der Waals surface area contributed by atoms with Gasteiger partial charge in [-0.25, -0.2) is 4.68 Å². The van der Waals surface area contributed by atoms with Crippen LogP contribution in [0.1, 0.15) is 0 Å². The maximum Gasteiger partial charge on any atom is 0.218 e. The van der Waals surface area contributed by atoms with Crippen molar-refractivity contribution in [1.82, 2.24) is 14.8 Å². The van der Waals surface area contributed by atoms with Crippen molar-refractivity contribution in [2.45, 2.75) is 0 Å². The summed E-state index contributed by atoms with van der Waals surface area (Å²) in [5, 5.41) is 4.18. The smallest absolute Gasteiger partial charge is 0.218 e. The van der Waals surface area contributed by atoms with Crippen LogP contribution in [0.5, 0.6) is 0 Å². The minimum Gasteiger partial charge on any atom is -0.398 e. The molecule has 0 aliphatic rings. The summed E-state index contributed by atoms with van der Waals surface area (Å²) in [7, 11) is 1.75. The van der Waals surface area contributed by atoms with Gasteiger partial charge in [0.05, 0.1) is 0 Å². The van der Waals surface area contributed by atoms with Gasteiger partial charge in [-0.1, -0.05) is 0 Å². The molecule has 1 aromatic carbocycles. The van der Waals surface area contributed by atoms with E-state index in [2.05, 4.69) is 32.7 Å². The third-order valence-electron chi connectivity index (χ3n) is 2.05. The molecule has 5 nitrogen and oxygen atoms in total. The molecule has 0 spiro atoms. The molecule has 0 atom stereocenters. The van der Waals surface area contributed by atoms with E-state index in [1.165, 1.54) is 4.68 Å². The molecule has 0 saturated heterocycles. The second kappa shape index (κ2) is 3.69. The summed E-state index contributed by atoms with van der Waals surface area (Å²) in [6.07, 6.45) is 0. The van der Waals surface area contributed by atoms with Gasteiger partial charge in [-0.3, -0.25) is 0 Å². The van der Waals surface area contributed by atoms with E-state index in [-0.39, 0.29) is 0 Å². The Labute approximate surface area is 101 Å². The molecule has 0 aliphatic carbocycles. The Morgan fingerprint density at radius 3 is 2.67 bits per heavy atom. The first-order chi connectivity index (χ1) is 7.08. The van der Waals surface area contributed by atoms with Crippen molar-refractivity contribution in [3.8, 4) is 11.4 Å². The highest BCUT2D eigenvalue weighted by Crippen LogP contribution is 2.25. The van der Waals surface area contributed by atoms with Crippen LogP contribution in [-0.4, -0.2) is 14.8 Å². The molecule has 0 unspecified atom stereocenters. The fourth-order valence-electron chi connectivity index (χ4n) is 1.23. The first kappa shape index (κ1) is 10.2. The molecule has 0 radical (unpaired) electrons. The molecule has 0 amide bonds. The van der Waals surface area contributed by atoms with Gasteiger partial charge < -0.3 is 11.5 Å². The molecule has 2 rings (SSSR count). The zero-order valence-electron chi connectivity index (χ0n) is 8.11. The van der Waals surface area contributed by atoms with Crippen molar-refractivity contribution < 1.29 is 0 Å². The monoisotopic (exact) mass is 315 g/mol. The van der Waals surface area contributed by atoms with Crippen LogP contribution in [0.25, 0.3) is 11.4 Å². The average Bonchev–Trinajstić information content (AvgIpc) is 2.51. The van der Waals surface area contributed by atoms with Crippen molar-refractivity contribution in [2.75, 3.05) is 11.5 Å². The molecule has 0 fully saturated rings. The molecule has 1 aromatic heterocycles. The highest BCUT2D eigenvalue weighted by Gasteiger charge is 2.10. The van der Waals surface area contributed by atoms with E-state index < -0.39 is 0 Å². The number of aromatic nitrogens is 3. The Morgan fingerprint density at radius 1 is 1.33 bits per heavy atom.